The Labute approximate surface area is 136 Å². The topological polar surface area (TPSA) is 28.2 Å². The van der Waals surface area contributed by atoms with Gasteiger partial charge in [0.15, 0.2) is 0 Å². The lowest BCUT2D eigenvalue weighted by molar-refractivity contribution is 0.674. The number of aryl methyl sites for hydroxylation is 1. The van der Waals surface area contributed by atoms with Crippen molar-refractivity contribution in [2.75, 3.05) is 18.5 Å². The van der Waals surface area contributed by atoms with Gasteiger partial charge in [-0.15, -0.1) is 11.3 Å². The molecular weight excluding hydrogens is 302 g/mol. The first-order valence-corrected chi connectivity index (χ1v) is 8.47. The van der Waals surface area contributed by atoms with Crippen molar-refractivity contribution in [3.8, 4) is 0 Å². The van der Waals surface area contributed by atoms with E-state index in [1.165, 1.54) is 10.6 Å². The fourth-order valence-electron chi connectivity index (χ4n) is 2.25. The number of nitrogens with zero attached hydrogens (tertiary/aromatic N) is 2. The Morgan fingerprint density at radius 3 is 2.86 bits per heavy atom. The zero-order chi connectivity index (χ0) is 15.2. The van der Waals surface area contributed by atoms with Crippen molar-refractivity contribution in [1.82, 2.24) is 10.3 Å². The van der Waals surface area contributed by atoms with E-state index < -0.39 is 0 Å². The molecule has 0 unspecified atom stereocenters. The van der Waals surface area contributed by atoms with Crippen molar-refractivity contribution in [2.24, 2.45) is 0 Å². The largest absolute Gasteiger partial charge is 0.369 e. The van der Waals surface area contributed by atoms with E-state index in [0.717, 1.165) is 42.3 Å². The fraction of sp³-hybridized carbons (Fsp3) is 0.438. The fourth-order valence-corrected chi connectivity index (χ4v) is 3.31. The van der Waals surface area contributed by atoms with Crippen LogP contribution in [0, 0.1) is 6.92 Å². The lowest BCUT2D eigenvalue weighted by Crippen LogP contribution is -2.21. The minimum Gasteiger partial charge on any atom is -0.369 e. The maximum Gasteiger partial charge on any atom is 0.0798 e. The molecule has 0 spiro atoms. The number of benzene rings is 1. The molecule has 0 amide bonds. The van der Waals surface area contributed by atoms with Crippen LogP contribution in [0.3, 0.4) is 0 Å². The summed E-state index contributed by atoms with van der Waals surface area (Å²) < 4.78 is 0. The van der Waals surface area contributed by atoms with Gasteiger partial charge in [-0.3, -0.25) is 0 Å². The van der Waals surface area contributed by atoms with Crippen LogP contribution in [0.1, 0.15) is 29.5 Å². The predicted octanol–water partition coefficient (Wildman–Crippen LogP) is 4.24. The second kappa shape index (κ2) is 7.78. The maximum atomic E-state index is 6.39. The van der Waals surface area contributed by atoms with Gasteiger partial charge in [0.2, 0.25) is 0 Å². The Hall–Kier alpha value is -1.10. The highest BCUT2D eigenvalue weighted by Gasteiger charge is 2.12. The molecule has 0 atom stereocenters. The number of aromatic nitrogens is 1. The highest BCUT2D eigenvalue weighted by Crippen LogP contribution is 2.28. The molecular formula is C16H22ClN3S. The summed E-state index contributed by atoms with van der Waals surface area (Å²) in [4.78, 5) is 7.86. The molecule has 0 saturated heterocycles. The molecule has 0 fully saturated rings. The van der Waals surface area contributed by atoms with Gasteiger partial charge in [0.05, 0.1) is 17.7 Å². The summed E-state index contributed by atoms with van der Waals surface area (Å²) in [6, 6.07) is 6.10. The Morgan fingerprint density at radius 2 is 2.19 bits per heavy atom. The molecule has 3 nitrogen and oxygen atoms in total. The highest BCUT2D eigenvalue weighted by atomic mass is 35.5. The molecule has 1 N–H and O–H groups in total. The number of thiazole rings is 1. The Bertz CT molecular complexity index is 583. The quantitative estimate of drug-likeness (QED) is 0.772. The first kappa shape index (κ1) is 16.3. The van der Waals surface area contributed by atoms with Crippen molar-refractivity contribution < 1.29 is 0 Å². The normalized spacial score (nSPS) is 10.9. The molecule has 0 aliphatic heterocycles. The van der Waals surface area contributed by atoms with Crippen molar-refractivity contribution in [3.63, 3.8) is 0 Å². The van der Waals surface area contributed by atoms with Crippen LogP contribution < -0.4 is 10.2 Å². The molecule has 21 heavy (non-hydrogen) atoms. The second-order valence-electron chi connectivity index (χ2n) is 5.13. The number of hydrogen-bond acceptors (Lipinski definition) is 4. The molecule has 2 rings (SSSR count). The number of anilines is 1. The van der Waals surface area contributed by atoms with Gasteiger partial charge >= 0.3 is 0 Å². The zero-order valence-corrected chi connectivity index (χ0v) is 14.4. The molecule has 0 bridgehead atoms. The minimum atomic E-state index is 0.800. The SMILES string of the molecule is CCCNCc1c(Cl)cccc1N(C)Cc1scnc1C. The molecule has 114 valence electrons. The molecule has 1 aromatic heterocycles. The average molecular weight is 324 g/mol. The first-order valence-electron chi connectivity index (χ1n) is 7.21. The minimum absolute atomic E-state index is 0.800. The lowest BCUT2D eigenvalue weighted by atomic mass is 10.1. The third kappa shape index (κ3) is 4.19. The van der Waals surface area contributed by atoms with Gasteiger partial charge in [0.1, 0.15) is 0 Å². The summed E-state index contributed by atoms with van der Waals surface area (Å²) in [5.41, 5.74) is 5.36. The average Bonchev–Trinajstić information content (AvgIpc) is 2.86. The maximum absolute atomic E-state index is 6.39. The van der Waals surface area contributed by atoms with Crippen LogP contribution >= 0.6 is 22.9 Å². The number of nitrogens with one attached hydrogen (secondary N) is 1. The number of hydrogen-bond donors (Lipinski definition) is 1. The van der Waals surface area contributed by atoms with Gasteiger partial charge in [-0.2, -0.15) is 0 Å². The van der Waals surface area contributed by atoms with Crippen molar-refractivity contribution >= 4 is 28.6 Å². The van der Waals surface area contributed by atoms with E-state index in [1.807, 2.05) is 17.6 Å². The summed E-state index contributed by atoms with van der Waals surface area (Å²) in [6.07, 6.45) is 1.12. The third-order valence-electron chi connectivity index (χ3n) is 3.46. The van der Waals surface area contributed by atoms with E-state index in [4.69, 9.17) is 11.6 Å². The van der Waals surface area contributed by atoms with Gasteiger partial charge < -0.3 is 10.2 Å². The van der Waals surface area contributed by atoms with Gasteiger partial charge in [-0.25, -0.2) is 4.98 Å². The van der Waals surface area contributed by atoms with E-state index in [-0.39, 0.29) is 0 Å². The molecule has 0 aliphatic carbocycles. The molecule has 5 heteroatoms. The Morgan fingerprint density at radius 1 is 1.38 bits per heavy atom. The monoisotopic (exact) mass is 323 g/mol. The van der Waals surface area contributed by atoms with E-state index in [1.54, 1.807) is 11.3 Å². The summed E-state index contributed by atoms with van der Waals surface area (Å²) in [7, 11) is 2.11. The Kier molecular flexibility index (Phi) is 6.03. The summed E-state index contributed by atoms with van der Waals surface area (Å²) in [6.45, 7) is 6.88. The molecule has 0 radical (unpaired) electrons. The smallest absolute Gasteiger partial charge is 0.0798 e. The van der Waals surface area contributed by atoms with E-state index >= 15 is 0 Å². The van der Waals surface area contributed by atoms with Gasteiger partial charge in [0, 0.05) is 34.7 Å². The van der Waals surface area contributed by atoms with Crippen molar-refractivity contribution in [3.05, 3.63) is 44.9 Å². The predicted molar refractivity (Wildman–Crippen MR) is 92.4 cm³/mol. The van der Waals surface area contributed by atoms with Crippen molar-refractivity contribution in [2.45, 2.75) is 33.4 Å². The zero-order valence-electron chi connectivity index (χ0n) is 12.8. The first-order chi connectivity index (χ1) is 10.1. The summed E-state index contributed by atoms with van der Waals surface area (Å²) in [5, 5.41) is 4.26. The van der Waals surface area contributed by atoms with Crippen LogP contribution in [0.5, 0.6) is 0 Å². The van der Waals surface area contributed by atoms with Crippen LogP contribution in [-0.2, 0) is 13.1 Å². The number of halogens is 1. The van der Waals surface area contributed by atoms with Crippen LogP contribution in [0.2, 0.25) is 5.02 Å². The Balaban J connectivity index is 2.17. The van der Waals surface area contributed by atoms with Crippen molar-refractivity contribution in [1.29, 1.82) is 0 Å². The van der Waals surface area contributed by atoms with E-state index in [9.17, 15) is 0 Å². The molecule has 1 heterocycles. The molecule has 0 aliphatic rings. The molecule has 2 aromatic rings. The number of rotatable bonds is 7. The van der Waals surface area contributed by atoms with E-state index in [2.05, 4.69) is 42.2 Å². The van der Waals surface area contributed by atoms with Gasteiger partial charge in [0.25, 0.3) is 0 Å². The van der Waals surface area contributed by atoms with E-state index in [0.29, 0.717) is 0 Å². The standard InChI is InChI=1S/C16H22ClN3S/c1-4-8-18-9-13-14(17)6-5-7-15(13)20(3)10-16-12(2)19-11-21-16/h5-7,11,18H,4,8-10H2,1-3H3. The molecule has 1 aromatic carbocycles. The van der Waals surface area contributed by atoms with Crippen LogP contribution in [0.15, 0.2) is 23.7 Å². The summed E-state index contributed by atoms with van der Waals surface area (Å²) >= 11 is 8.09. The van der Waals surface area contributed by atoms with Gasteiger partial charge in [-0.05, 0) is 32.0 Å². The van der Waals surface area contributed by atoms with Crippen LogP contribution in [0.25, 0.3) is 0 Å². The summed E-state index contributed by atoms with van der Waals surface area (Å²) in [5.74, 6) is 0. The highest BCUT2D eigenvalue weighted by molar-refractivity contribution is 7.09. The third-order valence-corrected chi connectivity index (χ3v) is 4.73. The van der Waals surface area contributed by atoms with Gasteiger partial charge in [-0.1, -0.05) is 24.6 Å². The van der Waals surface area contributed by atoms with Crippen LogP contribution in [-0.4, -0.2) is 18.6 Å². The van der Waals surface area contributed by atoms with Crippen LogP contribution in [0.4, 0.5) is 5.69 Å². The lowest BCUT2D eigenvalue weighted by Gasteiger charge is -2.23. The second-order valence-corrected chi connectivity index (χ2v) is 6.48. The molecule has 0 saturated carbocycles.